The topological polar surface area (TPSA) is 56.8 Å². The minimum Gasteiger partial charge on any atom is -0.497 e. The van der Waals surface area contributed by atoms with E-state index in [1.54, 1.807) is 18.9 Å². The second kappa shape index (κ2) is 15.3. The van der Waals surface area contributed by atoms with Gasteiger partial charge < -0.3 is 14.2 Å². The quantitative estimate of drug-likeness (QED) is 0.0800. The highest BCUT2D eigenvalue weighted by molar-refractivity contribution is 7.98. The van der Waals surface area contributed by atoms with Gasteiger partial charge in [0.25, 0.3) is 0 Å². The van der Waals surface area contributed by atoms with Crippen molar-refractivity contribution < 1.29 is 19.0 Å². The van der Waals surface area contributed by atoms with Gasteiger partial charge in [-0.2, -0.15) is 0 Å². The number of methoxy groups -OCH3 is 1. The van der Waals surface area contributed by atoms with Crippen LogP contribution in [0.2, 0.25) is 0 Å². The van der Waals surface area contributed by atoms with E-state index in [4.69, 9.17) is 14.2 Å². The molecule has 0 unspecified atom stereocenters. The van der Waals surface area contributed by atoms with Crippen LogP contribution in [0.25, 0.3) is 0 Å². The summed E-state index contributed by atoms with van der Waals surface area (Å²) in [6.45, 7) is 0.150. The molecule has 1 N–H and O–H groups in total. The molecule has 0 radical (unpaired) electrons. The molecule has 0 aromatic heterocycles. The van der Waals surface area contributed by atoms with E-state index in [1.807, 2.05) is 109 Å². The molecule has 5 rings (SSSR count). The number of thioether (sulfide) groups is 1. The van der Waals surface area contributed by atoms with E-state index in [1.165, 1.54) is 0 Å². The molecule has 0 bridgehead atoms. The Kier molecular flexibility index (Phi) is 10.7. The monoisotopic (exact) mass is 603 g/mol. The predicted octanol–water partition coefficient (Wildman–Crippen LogP) is 7.63. The Morgan fingerprint density at radius 3 is 1.64 bits per heavy atom. The predicted molar refractivity (Wildman–Crippen MR) is 178 cm³/mol. The van der Waals surface area contributed by atoms with Crippen LogP contribution in [0.15, 0.2) is 140 Å². The third-order valence-electron chi connectivity index (χ3n) is 7.54. The zero-order valence-corrected chi connectivity index (χ0v) is 25.8. The van der Waals surface area contributed by atoms with Crippen molar-refractivity contribution in [3.8, 4) is 11.5 Å². The normalized spacial score (nSPS) is 11.9. The summed E-state index contributed by atoms with van der Waals surface area (Å²) in [5.41, 5.74) is 4.09. The molecule has 5 aromatic carbocycles. The standard InChI is InChI=1S/C38H37NO4S/c1-41-34-22-20-30(21-23-34)27-42-37(40)36(26-29-18-24-35(25-19-29)43-28-44-2)39-38(31-12-6-3-7-13-31,32-14-8-4-9-15-32)33-16-10-5-11-17-33/h3-25,36,39H,26-28H2,1-2H3/t36-/m1/s1. The third-order valence-corrected chi connectivity index (χ3v) is 7.90. The molecular formula is C38H37NO4S. The van der Waals surface area contributed by atoms with Crippen LogP contribution in [0.1, 0.15) is 27.8 Å². The zero-order valence-electron chi connectivity index (χ0n) is 25.0. The molecular weight excluding hydrogens is 566 g/mol. The van der Waals surface area contributed by atoms with Gasteiger partial charge in [-0.3, -0.25) is 10.1 Å². The molecule has 0 fully saturated rings. The van der Waals surface area contributed by atoms with Crippen LogP contribution in [0.3, 0.4) is 0 Å². The Labute approximate surface area is 264 Å². The van der Waals surface area contributed by atoms with Crippen LogP contribution in [0, 0.1) is 0 Å². The summed E-state index contributed by atoms with van der Waals surface area (Å²) in [6, 6.07) is 45.6. The van der Waals surface area contributed by atoms with Crippen molar-refractivity contribution in [1.82, 2.24) is 5.32 Å². The first-order valence-corrected chi connectivity index (χ1v) is 16.0. The second-order valence-electron chi connectivity index (χ2n) is 10.4. The first kappa shape index (κ1) is 30.9. The molecule has 0 saturated heterocycles. The summed E-state index contributed by atoms with van der Waals surface area (Å²) in [5, 5.41) is 3.84. The van der Waals surface area contributed by atoms with Gasteiger partial charge >= 0.3 is 5.97 Å². The molecule has 0 aliphatic heterocycles. The van der Waals surface area contributed by atoms with Crippen LogP contribution in [0.5, 0.6) is 11.5 Å². The lowest BCUT2D eigenvalue weighted by Crippen LogP contribution is -2.53. The van der Waals surface area contributed by atoms with Gasteiger partial charge in [0.05, 0.1) is 12.6 Å². The first-order chi connectivity index (χ1) is 21.6. The fraction of sp³-hybridized carbons (Fsp3) is 0.184. The summed E-state index contributed by atoms with van der Waals surface area (Å²) >= 11 is 1.62. The summed E-state index contributed by atoms with van der Waals surface area (Å²) in [7, 11) is 1.63. The summed E-state index contributed by atoms with van der Waals surface area (Å²) < 4.78 is 17.0. The van der Waals surface area contributed by atoms with Crippen LogP contribution in [0.4, 0.5) is 0 Å². The van der Waals surface area contributed by atoms with Gasteiger partial charge in [-0.05, 0) is 64.8 Å². The van der Waals surface area contributed by atoms with Crippen molar-refractivity contribution >= 4 is 17.7 Å². The van der Waals surface area contributed by atoms with Crippen molar-refractivity contribution in [1.29, 1.82) is 0 Å². The molecule has 0 heterocycles. The molecule has 0 amide bonds. The molecule has 0 saturated carbocycles. The molecule has 0 spiro atoms. The van der Waals surface area contributed by atoms with Crippen molar-refractivity contribution in [3.05, 3.63) is 167 Å². The van der Waals surface area contributed by atoms with Gasteiger partial charge in [0, 0.05) is 0 Å². The number of rotatable bonds is 14. The SMILES string of the molecule is COc1ccc(COC(=O)[C@@H](Cc2ccc(OCSC)cc2)NC(c2ccccc2)(c2ccccc2)c2ccccc2)cc1. The van der Waals surface area contributed by atoms with Gasteiger partial charge in [0.15, 0.2) is 0 Å². The highest BCUT2D eigenvalue weighted by Gasteiger charge is 2.40. The van der Waals surface area contributed by atoms with E-state index in [0.29, 0.717) is 12.4 Å². The van der Waals surface area contributed by atoms with Crippen molar-refractivity contribution in [2.45, 2.75) is 24.6 Å². The number of hydrogen-bond donors (Lipinski definition) is 1. The van der Waals surface area contributed by atoms with Crippen LogP contribution < -0.4 is 14.8 Å². The molecule has 0 aliphatic rings. The average molecular weight is 604 g/mol. The van der Waals surface area contributed by atoms with E-state index in [9.17, 15) is 4.79 Å². The van der Waals surface area contributed by atoms with Crippen molar-refractivity contribution in [2.24, 2.45) is 0 Å². The maximum atomic E-state index is 14.1. The summed E-state index contributed by atoms with van der Waals surface area (Å²) in [5.74, 6) is 1.79. The summed E-state index contributed by atoms with van der Waals surface area (Å²) in [6.07, 6.45) is 2.42. The summed E-state index contributed by atoms with van der Waals surface area (Å²) in [4.78, 5) is 14.1. The van der Waals surface area contributed by atoms with Crippen molar-refractivity contribution in [2.75, 3.05) is 19.3 Å². The maximum absolute atomic E-state index is 14.1. The fourth-order valence-electron chi connectivity index (χ4n) is 5.33. The smallest absolute Gasteiger partial charge is 0.323 e. The number of esters is 1. The number of carbonyl (C=O) groups excluding carboxylic acids is 1. The molecule has 6 heteroatoms. The Balaban J connectivity index is 1.54. The number of hydrogen-bond acceptors (Lipinski definition) is 6. The molecule has 5 nitrogen and oxygen atoms in total. The molecule has 5 aromatic rings. The largest absolute Gasteiger partial charge is 0.497 e. The van der Waals surface area contributed by atoms with E-state index >= 15 is 0 Å². The van der Waals surface area contributed by atoms with Crippen LogP contribution in [-0.4, -0.2) is 31.3 Å². The second-order valence-corrected chi connectivity index (χ2v) is 11.2. The Hall–Kier alpha value is -4.52. The molecule has 224 valence electrons. The van der Waals surface area contributed by atoms with E-state index < -0.39 is 11.6 Å². The first-order valence-electron chi connectivity index (χ1n) is 14.6. The van der Waals surface area contributed by atoms with Gasteiger partial charge in [0.2, 0.25) is 0 Å². The fourth-order valence-corrected chi connectivity index (χ4v) is 5.58. The average Bonchev–Trinajstić information content (AvgIpc) is 3.10. The number of carbonyl (C=O) groups is 1. The highest BCUT2D eigenvalue weighted by atomic mass is 32.2. The van der Waals surface area contributed by atoms with E-state index in [0.717, 1.165) is 39.3 Å². The maximum Gasteiger partial charge on any atom is 0.323 e. The Morgan fingerprint density at radius 1 is 0.682 bits per heavy atom. The van der Waals surface area contributed by atoms with Gasteiger partial charge in [-0.1, -0.05) is 115 Å². The highest BCUT2D eigenvalue weighted by Crippen LogP contribution is 2.37. The van der Waals surface area contributed by atoms with Crippen LogP contribution >= 0.6 is 11.8 Å². The van der Waals surface area contributed by atoms with Gasteiger partial charge in [-0.15, -0.1) is 11.8 Å². The van der Waals surface area contributed by atoms with Crippen LogP contribution in [-0.2, 0) is 28.1 Å². The lowest BCUT2D eigenvalue weighted by molar-refractivity contribution is -0.148. The minimum absolute atomic E-state index is 0.150. The molecule has 0 aliphatic carbocycles. The van der Waals surface area contributed by atoms with Crippen molar-refractivity contribution in [3.63, 3.8) is 0 Å². The Morgan fingerprint density at radius 2 is 1.16 bits per heavy atom. The number of benzene rings is 5. The lowest BCUT2D eigenvalue weighted by atomic mass is 9.76. The van der Waals surface area contributed by atoms with Gasteiger partial charge in [0.1, 0.15) is 30.1 Å². The number of nitrogens with one attached hydrogen (secondary N) is 1. The molecule has 1 atom stereocenters. The van der Waals surface area contributed by atoms with E-state index in [2.05, 4.69) is 41.7 Å². The number of ether oxygens (including phenoxy) is 3. The van der Waals surface area contributed by atoms with E-state index in [-0.39, 0.29) is 12.6 Å². The zero-order chi connectivity index (χ0) is 30.6. The van der Waals surface area contributed by atoms with Gasteiger partial charge in [-0.25, -0.2) is 0 Å². The third kappa shape index (κ3) is 7.51. The lowest BCUT2D eigenvalue weighted by Gasteiger charge is -2.39. The molecule has 44 heavy (non-hydrogen) atoms. The minimum atomic E-state index is -0.838. The Bertz CT molecular complexity index is 1480.